The summed E-state index contributed by atoms with van der Waals surface area (Å²) in [7, 11) is 0. The first kappa shape index (κ1) is 23.7. The van der Waals surface area contributed by atoms with Gasteiger partial charge in [-0.25, -0.2) is 0 Å². The van der Waals surface area contributed by atoms with Crippen LogP contribution in [0.25, 0.3) is 0 Å². The zero-order chi connectivity index (χ0) is 25.0. The van der Waals surface area contributed by atoms with Crippen LogP contribution in [0.3, 0.4) is 0 Å². The van der Waals surface area contributed by atoms with Crippen LogP contribution < -0.4 is 0 Å². The standard InChI is InChI=1S/C26H34O7/c1-11-9-13-15(19(27)28)17(25(11,7)23(13,3)4)21(31)33-22(32)18-16(20(29)30)14-10-12(2)26(18,8)24(14,5)6/h9-10,13-18H,1-8H3,(H,27,28)(H,29,30)/t13-,14?,15+,16?,17-,18?,25+,26?/m0/s1. The number of fused-ring (bicyclic) bond motifs is 4. The quantitative estimate of drug-likeness (QED) is 0.372. The molecule has 4 aliphatic carbocycles. The summed E-state index contributed by atoms with van der Waals surface area (Å²) in [4.78, 5) is 51.4. The fourth-order valence-corrected chi connectivity index (χ4v) is 8.12. The highest BCUT2D eigenvalue weighted by Gasteiger charge is 2.72. The Morgan fingerprint density at radius 2 is 1.00 bits per heavy atom. The largest absolute Gasteiger partial charge is 0.481 e. The summed E-state index contributed by atoms with van der Waals surface area (Å²) in [5, 5.41) is 19.9. The lowest BCUT2D eigenvalue weighted by Gasteiger charge is -2.41. The monoisotopic (exact) mass is 458 g/mol. The number of allylic oxidation sites excluding steroid dienone is 4. The first-order valence-electron chi connectivity index (χ1n) is 11.6. The van der Waals surface area contributed by atoms with E-state index in [9.17, 15) is 29.4 Å². The summed E-state index contributed by atoms with van der Waals surface area (Å²) in [6.45, 7) is 15.3. The molecular formula is C26H34O7. The van der Waals surface area contributed by atoms with Gasteiger partial charge in [0.05, 0.1) is 23.7 Å². The predicted octanol–water partition coefficient (Wildman–Crippen LogP) is 3.93. The zero-order valence-electron chi connectivity index (χ0n) is 20.6. The van der Waals surface area contributed by atoms with Gasteiger partial charge in [-0.2, -0.15) is 0 Å². The Labute approximate surface area is 194 Å². The minimum Gasteiger partial charge on any atom is -0.481 e. The first-order valence-corrected chi connectivity index (χ1v) is 11.6. The Kier molecular flexibility index (Phi) is 4.72. The molecule has 0 spiro atoms. The lowest BCUT2D eigenvalue weighted by Crippen LogP contribution is -2.46. The van der Waals surface area contributed by atoms with Crippen molar-refractivity contribution in [1.29, 1.82) is 0 Å². The second-order valence-corrected chi connectivity index (χ2v) is 12.0. The molecule has 0 aromatic rings. The van der Waals surface area contributed by atoms with Gasteiger partial charge in [0.2, 0.25) is 0 Å². The molecule has 0 aromatic heterocycles. The minimum atomic E-state index is -1.09. The van der Waals surface area contributed by atoms with Crippen LogP contribution >= 0.6 is 0 Å². The molecule has 2 N–H and O–H groups in total. The van der Waals surface area contributed by atoms with Crippen LogP contribution in [-0.4, -0.2) is 34.1 Å². The van der Waals surface area contributed by atoms with Crippen LogP contribution in [0, 0.1) is 57.2 Å². The Balaban J connectivity index is 1.70. The van der Waals surface area contributed by atoms with Gasteiger partial charge in [-0.05, 0) is 36.5 Å². The molecule has 2 saturated carbocycles. The van der Waals surface area contributed by atoms with Gasteiger partial charge in [-0.15, -0.1) is 0 Å². The van der Waals surface area contributed by atoms with Crippen LogP contribution in [-0.2, 0) is 23.9 Å². The van der Waals surface area contributed by atoms with E-state index in [4.69, 9.17) is 4.74 Å². The molecule has 2 fully saturated rings. The van der Waals surface area contributed by atoms with Crippen LogP contribution in [0.15, 0.2) is 23.3 Å². The number of rotatable bonds is 4. The van der Waals surface area contributed by atoms with E-state index in [0.717, 1.165) is 11.1 Å². The van der Waals surface area contributed by atoms with Crippen molar-refractivity contribution in [2.45, 2.75) is 55.4 Å². The van der Waals surface area contributed by atoms with Crippen LogP contribution in [0.2, 0.25) is 0 Å². The maximum atomic E-state index is 13.5. The molecule has 8 atom stereocenters. The molecule has 0 saturated heterocycles. The SMILES string of the molecule is CC1=CC2C(C(=O)O)C(C(=O)OC(=O)[C@@H]3[C@H](C(=O)O)[C@@H]4C=C(C)[C@@]3(C)C4(C)C)C1(C)C2(C)C. The van der Waals surface area contributed by atoms with Gasteiger partial charge in [0.1, 0.15) is 0 Å². The van der Waals surface area contributed by atoms with Crippen molar-refractivity contribution in [3.8, 4) is 0 Å². The van der Waals surface area contributed by atoms with Gasteiger partial charge in [0, 0.05) is 10.8 Å². The molecule has 7 heteroatoms. The lowest BCUT2D eigenvalue weighted by atomic mass is 9.63. The summed E-state index contributed by atoms with van der Waals surface area (Å²) < 4.78 is 5.44. The van der Waals surface area contributed by atoms with Gasteiger partial charge in [0.15, 0.2) is 0 Å². The topological polar surface area (TPSA) is 118 Å². The van der Waals surface area contributed by atoms with E-state index in [1.807, 2.05) is 67.5 Å². The smallest absolute Gasteiger partial charge is 0.318 e. The highest BCUT2D eigenvalue weighted by Crippen LogP contribution is 2.71. The number of aliphatic carboxylic acids is 2. The third-order valence-corrected chi connectivity index (χ3v) is 10.9. The van der Waals surface area contributed by atoms with Crippen molar-refractivity contribution in [1.82, 2.24) is 0 Å². The number of carboxylic acids is 2. The number of esters is 2. The average molecular weight is 459 g/mol. The fraction of sp³-hybridized carbons (Fsp3) is 0.692. The molecule has 0 amide bonds. The summed E-state index contributed by atoms with van der Waals surface area (Å²) in [6.07, 6.45) is 3.86. The van der Waals surface area contributed by atoms with Crippen molar-refractivity contribution in [2.24, 2.45) is 57.2 Å². The van der Waals surface area contributed by atoms with E-state index in [-0.39, 0.29) is 11.8 Å². The van der Waals surface area contributed by atoms with Gasteiger partial charge in [0.25, 0.3) is 0 Å². The van der Waals surface area contributed by atoms with Crippen molar-refractivity contribution >= 4 is 23.9 Å². The minimum absolute atomic E-state index is 0.358. The summed E-state index contributed by atoms with van der Waals surface area (Å²) in [5.41, 5.74) is -0.735. The number of hydrogen-bond donors (Lipinski definition) is 2. The first-order chi connectivity index (χ1) is 15.0. The number of carbonyl (C=O) groups is 4. The van der Waals surface area contributed by atoms with Crippen LogP contribution in [0.4, 0.5) is 0 Å². The number of hydrogen-bond acceptors (Lipinski definition) is 5. The summed E-state index contributed by atoms with van der Waals surface area (Å²) in [6, 6.07) is 0. The third-order valence-electron chi connectivity index (χ3n) is 10.9. The Morgan fingerprint density at radius 1 is 0.697 bits per heavy atom. The number of carboxylic acid groups (broad SMARTS) is 2. The molecule has 0 aromatic carbocycles. The second kappa shape index (κ2) is 6.57. The molecule has 180 valence electrons. The van der Waals surface area contributed by atoms with Gasteiger partial charge in [-0.3, -0.25) is 19.2 Å². The number of carbonyl (C=O) groups excluding carboxylic acids is 2. The van der Waals surface area contributed by atoms with Crippen molar-refractivity contribution in [2.75, 3.05) is 0 Å². The van der Waals surface area contributed by atoms with E-state index in [1.165, 1.54) is 0 Å². The second-order valence-electron chi connectivity index (χ2n) is 12.0. The van der Waals surface area contributed by atoms with E-state index in [1.54, 1.807) is 0 Å². The Bertz CT molecular complexity index is 965. The highest BCUT2D eigenvalue weighted by atomic mass is 16.6. The zero-order valence-corrected chi connectivity index (χ0v) is 20.6. The molecule has 33 heavy (non-hydrogen) atoms. The van der Waals surface area contributed by atoms with Gasteiger partial charge < -0.3 is 14.9 Å². The van der Waals surface area contributed by atoms with Crippen molar-refractivity contribution in [3.63, 3.8) is 0 Å². The molecule has 0 heterocycles. The molecule has 4 rings (SSSR count). The van der Waals surface area contributed by atoms with E-state index in [0.29, 0.717) is 0 Å². The van der Waals surface area contributed by atoms with Crippen LogP contribution in [0.1, 0.15) is 55.4 Å². The van der Waals surface area contributed by atoms with Crippen LogP contribution in [0.5, 0.6) is 0 Å². The maximum Gasteiger partial charge on any atom is 0.318 e. The summed E-state index contributed by atoms with van der Waals surface area (Å²) >= 11 is 0. The molecular weight excluding hydrogens is 424 g/mol. The average Bonchev–Trinajstić information content (AvgIpc) is 3.13. The maximum absolute atomic E-state index is 13.5. The lowest BCUT2D eigenvalue weighted by molar-refractivity contribution is -0.176. The fourth-order valence-electron chi connectivity index (χ4n) is 8.12. The summed E-state index contributed by atoms with van der Waals surface area (Å²) in [5.74, 6) is -8.69. The number of ether oxygens (including phenoxy) is 1. The normalized spacial score (nSPS) is 43.8. The highest BCUT2D eigenvalue weighted by molar-refractivity contribution is 5.95. The Hall–Kier alpha value is -2.44. The molecule has 4 bridgehead atoms. The van der Waals surface area contributed by atoms with Crippen molar-refractivity contribution in [3.05, 3.63) is 23.3 Å². The molecule has 7 nitrogen and oxygen atoms in total. The molecule has 0 aliphatic heterocycles. The van der Waals surface area contributed by atoms with Gasteiger partial charge >= 0.3 is 23.9 Å². The van der Waals surface area contributed by atoms with E-state index < -0.39 is 69.2 Å². The van der Waals surface area contributed by atoms with E-state index in [2.05, 4.69) is 0 Å². The molecule has 0 radical (unpaired) electrons. The predicted molar refractivity (Wildman–Crippen MR) is 119 cm³/mol. The molecule has 4 aliphatic rings. The Morgan fingerprint density at radius 3 is 1.27 bits per heavy atom. The molecule has 4 unspecified atom stereocenters. The third kappa shape index (κ3) is 2.46. The van der Waals surface area contributed by atoms with E-state index >= 15 is 0 Å². The van der Waals surface area contributed by atoms with Gasteiger partial charge in [-0.1, -0.05) is 64.8 Å². The van der Waals surface area contributed by atoms with Crippen molar-refractivity contribution < 1.29 is 34.1 Å².